The van der Waals surface area contributed by atoms with Gasteiger partial charge in [-0.2, -0.15) is 0 Å². The smallest absolute Gasteiger partial charge is 0.145 e. The van der Waals surface area contributed by atoms with E-state index < -0.39 is 0 Å². The summed E-state index contributed by atoms with van der Waals surface area (Å²) < 4.78 is 18.8. The normalized spacial score (nSPS) is 12.1. The molecule has 1 unspecified atom stereocenters. The fourth-order valence-electron chi connectivity index (χ4n) is 2.85. The van der Waals surface area contributed by atoms with Gasteiger partial charge in [0.15, 0.2) is 0 Å². The summed E-state index contributed by atoms with van der Waals surface area (Å²) in [5, 5.41) is 14.2. The number of hydrogen-bond donors (Lipinski definition) is 1. The number of hydrogen-bond acceptors (Lipinski definition) is 8. The molecule has 7 nitrogen and oxygen atoms in total. The first kappa shape index (κ1) is 18.2. The summed E-state index contributed by atoms with van der Waals surface area (Å²) in [6, 6.07) is 6.66. The van der Waals surface area contributed by atoms with Gasteiger partial charge in [0.25, 0.3) is 0 Å². The third-order valence-corrected chi connectivity index (χ3v) is 5.23. The van der Waals surface area contributed by atoms with Crippen LogP contribution in [-0.4, -0.2) is 32.3 Å². The second kappa shape index (κ2) is 7.43. The number of rotatable bonds is 5. The average Bonchev–Trinajstić information content (AvgIpc) is 3.14. The molecule has 0 amide bonds. The van der Waals surface area contributed by atoms with Crippen molar-refractivity contribution >= 4 is 28.1 Å². The van der Waals surface area contributed by atoms with Crippen LogP contribution in [0.4, 0.5) is 10.2 Å². The fourth-order valence-corrected chi connectivity index (χ4v) is 3.56. The number of anilines is 1. The highest BCUT2D eigenvalue weighted by molar-refractivity contribution is 7.11. The van der Waals surface area contributed by atoms with E-state index in [0.717, 1.165) is 21.0 Å². The molecule has 4 rings (SSSR count). The lowest BCUT2D eigenvalue weighted by atomic mass is 10.1. The molecule has 0 saturated carbocycles. The predicted molar refractivity (Wildman–Crippen MR) is 106 cm³/mol. The second-order valence-corrected chi connectivity index (χ2v) is 7.40. The van der Waals surface area contributed by atoms with Crippen molar-refractivity contribution in [1.82, 2.24) is 25.1 Å². The molecule has 3 aromatic heterocycles. The van der Waals surface area contributed by atoms with Crippen molar-refractivity contribution in [3.8, 4) is 17.0 Å². The average molecular weight is 396 g/mol. The van der Waals surface area contributed by atoms with E-state index in [1.165, 1.54) is 29.9 Å². The molecule has 0 radical (unpaired) electrons. The molecule has 0 saturated heterocycles. The Balaban J connectivity index is 1.80. The number of nitrogens with one attached hydrogen (secondary N) is 1. The largest absolute Gasteiger partial charge is 0.494 e. The Morgan fingerprint density at radius 3 is 2.68 bits per heavy atom. The summed E-state index contributed by atoms with van der Waals surface area (Å²) in [4.78, 5) is 12.9. The second-order valence-electron chi connectivity index (χ2n) is 6.18. The fraction of sp³-hybridized carbons (Fsp3) is 0.211. The van der Waals surface area contributed by atoms with E-state index >= 15 is 0 Å². The van der Waals surface area contributed by atoms with Crippen molar-refractivity contribution in [1.29, 1.82) is 0 Å². The standard InChI is InChI=1S/C19H17FN6OS/c1-10(19-26-25-11(2)28-19)24-18-14-6-12(15-5-4-13(20)8-21-15)7-16(27-3)17(14)22-9-23-18/h4-10H,1-3H3,(H,22,23,24). The zero-order chi connectivity index (χ0) is 19.7. The number of halogens is 1. The van der Waals surface area contributed by atoms with Crippen molar-refractivity contribution in [3.63, 3.8) is 0 Å². The van der Waals surface area contributed by atoms with Crippen LogP contribution in [-0.2, 0) is 0 Å². The van der Waals surface area contributed by atoms with Gasteiger partial charge in [-0.05, 0) is 38.1 Å². The van der Waals surface area contributed by atoms with Crippen molar-refractivity contribution in [3.05, 3.63) is 52.6 Å². The van der Waals surface area contributed by atoms with Gasteiger partial charge in [0.05, 0.1) is 25.0 Å². The maximum absolute atomic E-state index is 13.2. The Morgan fingerprint density at radius 1 is 1.14 bits per heavy atom. The zero-order valence-electron chi connectivity index (χ0n) is 15.5. The summed E-state index contributed by atoms with van der Waals surface area (Å²) in [7, 11) is 1.58. The van der Waals surface area contributed by atoms with Crippen LogP contribution in [0.25, 0.3) is 22.2 Å². The van der Waals surface area contributed by atoms with Gasteiger partial charge >= 0.3 is 0 Å². The van der Waals surface area contributed by atoms with Gasteiger partial charge in [-0.25, -0.2) is 14.4 Å². The molecule has 1 aromatic carbocycles. The molecule has 3 heterocycles. The third kappa shape index (κ3) is 3.48. The maximum Gasteiger partial charge on any atom is 0.145 e. The van der Waals surface area contributed by atoms with Gasteiger partial charge in [-0.3, -0.25) is 4.98 Å². The highest BCUT2D eigenvalue weighted by atomic mass is 32.1. The van der Waals surface area contributed by atoms with E-state index in [2.05, 4.69) is 30.5 Å². The molecule has 0 fully saturated rings. The zero-order valence-corrected chi connectivity index (χ0v) is 16.3. The molecule has 0 aliphatic carbocycles. The van der Waals surface area contributed by atoms with Crippen LogP contribution in [0.2, 0.25) is 0 Å². The molecule has 28 heavy (non-hydrogen) atoms. The van der Waals surface area contributed by atoms with Gasteiger partial charge < -0.3 is 10.1 Å². The van der Waals surface area contributed by atoms with Crippen LogP contribution in [0.15, 0.2) is 36.8 Å². The van der Waals surface area contributed by atoms with E-state index in [0.29, 0.717) is 22.8 Å². The summed E-state index contributed by atoms with van der Waals surface area (Å²) in [5.41, 5.74) is 2.08. The molecule has 0 aliphatic rings. The van der Waals surface area contributed by atoms with Crippen LogP contribution in [0.5, 0.6) is 5.75 Å². The number of aromatic nitrogens is 5. The van der Waals surface area contributed by atoms with Crippen molar-refractivity contribution in [2.45, 2.75) is 19.9 Å². The van der Waals surface area contributed by atoms with Crippen molar-refractivity contribution < 1.29 is 9.13 Å². The third-order valence-electron chi connectivity index (χ3n) is 4.21. The molecule has 1 N–H and O–H groups in total. The van der Waals surface area contributed by atoms with E-state index in [1.54, 1.807) is 13.2 Å². The van der Waals surface area contributed by atoms with Crippen LogP contribution in [0.3, 0.4) is 0 Å². The molecular formula is C19H17FN6OS. The minimum Gasteiger partial charge on any atom is -0.494 e. The molecule has 9 heteroatoms. The summed E-state index contributed by atoms with van der Waals surface area (Å²) in [5.74, 6) is 0.847. The molecule has 0 bridgehead atoms. The van der Waals surface area contributed by atoms with Crippen LogP contribution in [0, 0.1) is 12.7 Å². The molecule has 0 aliphatic heterocycles. The van der Waals surface area contributed by atoms with E-state index in [9.17, 15) is 4.39 Å². The highest BCUT2D eigenvalue weighted by Crippen LogP contribution is 2.34. The maximum atomic E-state index is 13.2. The predicted octanol–water partition coefficient (Wildman–Crippen LogP) is 4.17. The van der Waals surface area contributed by atoms with Gasteiger partial charge in [0.1, 0.15) is 39.2 Å². The Labute approximate surface area is 164 Å². The van der Waals surface area contributed by atoms with Crippen molar-refractivity contribution in [2.24, 2.45) is 0 Å². The summed E-state index contributed by atoms with van der Waals surface area (Å²) >= 11 is 1.53. The Hall–Kier alpha value is -3.20. The summed E-state index contributed by atoms with van der Waals surface area (Å²) in [6.07, 6.45) is 2.67. The molecular weight excluding hydrogens is 379 g/mol. The lowest BCUT2D eigenvalue weighted by Gasteiger charge is -2.15. The van der Waals surface area contributed by atoms with Crippen molar-refractivity contribution in [2.75, 3.05) is 12.4 Å². The van der Waals surface area contributed by atoms with Crippen LogP contribution >= 0.6 is 11.3 Å². The number of methoxy groups -OCH3 is 1. The van der Waals surface area contributed by atoms with Gasteiger partial charge in [-0.1, -0.05) is 11.3 Å². The first-order valence-electron chi connectivity index (χ1n) is 8.56. The van der Waals surface area contributed by atoms with Crippen LogP contribution < -0.4 is 10.1 Å². The van der Waals surface area contributed by atoms with E-state index in [-0.39, 0.29) is 11.9 Å². The van der Waals surface area contributed by atoms with Gasteiger partial charge in [-0.15, -0.1) is 10.2 Å². The number of aryl methyl sites for hydroxylation is 1. The lowest BCUT2D eigenvalue weighted by Crippen LogP contribution is -2.08. The topological polar surface area (TPSA) is 85.7 Å². The summed E-state index contributed by atoms with van der Waals surface area (Å²) in [6.45, 7) is 3.91. The monoisotopic (exact) mass is 396 g/mol. The first-order valence-corrected chi connectivity index (χ1v) is 9.38. The molecule has 1 atom stereocenters. The molecule has 0 spiro atoms. The Kier molecular flexibility index (Phi) is 4.82. The SMILES string of the molecule is COc1cc(-c2ccc(F)cn2)cc2c(NC(C)c3nnc(C)s3)ncnc12. The Morgan fingerprint density at radius 2 is 2.00 bits per heavy atom. The molecule has 4 aromatic rings. The van der Waals surface area contributed by atoms with E-state index in [1.807, 2.05) is 26.0 Å². The Bertz CT molecular complexity index is 1130. The minimum absolute atomic E-state index is 0.0807. The first-order chi connectivity index (χ1) is 13.5. The van der Waals surface area contributed by atoms with Gasteiger partial charge in [0.2, 0.25) is 0 Å². The lowest BCUT2D eigenvalue weighted by molar-refractivity contribution is 0.419. The minimum atomic E-state index is -0.386. The van der Waals surface area contributed by atoms with Crippen LogP contribution in [0.1, 0.15) is 23.0 Å². The highest BCUT2D eigenvalue weighted by Gasteiger charge is 2.16. The quantitative estimate of drug-likeness (QED) is 0.542. The number of nitrogens with zero attached hydrogens (tertiary/aromatic N) is 5. The number of benzene rings is 1. The van der Waals surface area contributed by atoms with Gasteiger partial charge in [0, 0.05) is 10.9 Å². The number of fused-ring (bicyclic) bond motifs is 1. The number of ether oxygens (including phenoxy) is 1. The molecule has 142 valence electrons. The van der Waals surface area contributed by atoms with E-state index in [4.69, 9.17) is 4.74 Å². The number of pyridine rings is 1.